The first-order valence-corrected chi connectivity index (χ1v) is 11.1. The van der Waals surface area contributed by atoms with Crippen molar-refractivity contribution in [2.75, 3.05) is 20.3 Å². The van der Waals surface area contributed by atoms with E-state index in [0.29, 0.717) is 6.42 Å². The van der Waals surface area contributed by atoms with Crippen molar-refractivity contribution >= 4 is 23.9 Å². The summed E-state index contributed by atoms with van der Waals surface area (Å²) in [6, 6.07) is 9.01. The molecule has 5 atom stereocenters. The van der Waals surface area contributed by atoms with Gasteiger partial charge in [-0.2, -0.15) is 0 Å². The van der Waals surface area contributed by atoms with Gasteiger partial charge >= 0.3 is 23.9 Å². The monoisotopic (exact) mass is 482 g/mol. The fourth-order valence-corrected chi connectivity index (χ4v) is 3.10. The van der Waals surface area contributed by atoms with Gasteiger partial charge in [-0.15, -0.1) is 0 Å². The zero-order valence-electron chi connectivity index (χ0n) is 20.0. The molecule has 190 valence electrons. The molecule has 1 rings (SSSR count). The average Bonchev–Trinajstić information content (AvgIpc) is 2.81. The van der Waals surface area contributed by atoms with E-state index in [0.717, 1.165) is 12.7 Å². The summed E-state index contributed by atoms with van der Waals surface area (Å²) in [6.45, 7) is 3.86. The molecule has 0 saturated carbocycles. The number of esters is 4. The van der Waals surface area contributed by atoms with Crippen molar-refractivity contribution in [2.24, 2.45) is 11.8 Å². The molecule has 10 heteroatoms. The van der Waals surface area contributed by atoms with Gasteiger partial charge in [-0.3, -0.25) is 19.2 Å². The topological polar surface area (TPSA) is 146 Å². The molecule has 0 aromatic heterocycles. The standard InChI is InChI=1S/C24H34O10/c1-5-20(17-9-7-6-8-10-17)34-22(28)12-19(24(30)33-14-16(3)26)18(11-21(27)31-4)23(29)32-13-15(2)25/h6-10,15-16,18-20,25-26H,5,11-14H2,1-4H3. The Morgan fingerprint density at radius 1 is 0.824 bits per heavy atom. The van der Waals surface area contributed by atoms with Crippen LogP contribution in [0.4, 0.5) is 0 Å². The molecular weight excluding hydrogens is 448 g/mol. The van der Waals surface area contributed by atoms with Crippen LogP contribution in [0, 0.1) is 11.8 Å². The first kappa shape index (κ1) is 29.1. The molecule has 0 aliphatic rings. The SMILES string of the molecule is CCC(OC(=O)CC(C(=O)OCC(C)O)C(CC(=O)OC)C(=O)OCC(C)O)c1ccccc1. The highest BCUT2D eigenvalue weighted by Gasteiger charge is 2.40. The van der Waals surface area contributed by atoms with E-state index in [4.69, 9.17) is 14.2 Å². The van der Waals surface area contributed by atoms with Gasteiger partial charge in [-0.05, 0) is 25.8 Å². The maximum atomic E-state index is 12.8. The van der Waals surface area contributed by atoms with Crippen molar-refractivity contribution < 1.29 is 48.3 Å². The minimum absolute atomic E-state index is 0.373. The van der Waals surface area contributed by atoms with Crippen LogP contribution in [0.5, 0.6) is 0 Å². The Kier molecular flexibility index (Phi) is 12.8. The number of aliphatic hydroxyl groups excluding tert-OH is 2. The Hall–Kier alpha value is -2.98. The third kappa shape index (κ3) is 10.3. The summed E-state index contributed by atoms with van der Waals surface area (Å²) in [5.41, 5.74) is 0.758. The molecule has 0 heterocycles. The lowest BCUT2D eigenvalue weighted by Gasteiger charge is -2.25. The molecule has 0 amide bonds. The van der Waals surface area contributed by atoms with E-state index in [-0.39, 0.29) is 13.2 Å². The van der Waals surface area contributed by atoms with Gasteiger partial charge in [0.15, 0.2) is 0 Å². The molecule has 0 fully saturated rings. The van der Waals surface area contributed by atoms with E-state index in [1.807, 2.05) is 13.0 Å². The molecule has 0 aliphatic heterocycles. The molecule has 1 aromatic carbocycles. The maximum Gasteiger partial charge on any atom is 0.310 e. The minimum Gasteiger partial charge on any atom is -0.469 e. The Bertz CT molecular complexity index is 790. The minimum atomic E-state index is -1.44. The van der Waals surface area contributed by atoms with Crippen LogP contribution in [0.3, 0.4) is 0 Å². The van der Waals surface area contributed by atoms with Crippen molar-refractivity contribution in [1.82, 2.24) is 0 Å². The molecule has 0 bridgehead atoms. The van der Waals surface area contributed by atoms with Crippen LogP contribution in [0.25, 0.3) is 0 Å². The van der Waals surface area contributed by atoms with Crippen molar-refractivity contribution in [1.29, 1.82) is 0 Å². The van der Waals surface area contributed by atoms with Crippen molar-refractivity contribution in [2.45, 2.75) is 58.3 Å². The zero-order chi connectivity index (χ0) is 25.7. The quantitative estimate of drug-likeness (QED) is 0.297. The molecule has 0 radical (unpaired) electrons. The Labute approximate surface area is 199 Å². The largest absolute Gasteiger partial charge is 0.469 e. The number of carbonyl (C=O) groups excluding carboxylic acids is 4. The van der Waals surface area contributed by atoms with Gasteiger partial charge in [0.2, 0.25) is 0 Å². The van der Waals surface area contributed by atoms with E-state index in [1.165, 1.54) is 13.8 Å². The average molecular weight is 483 g/mol. The van der Waals surface area contributed by atoms with Crippen LogP contribution in [0.15, 0.2) is 30.3 Å². The van der Waals surface area contributed by atoms with Gasteiger partial charge in [-0.25, -0.2) is 0 Å². The molecule has 0 aliphatic carbocycles. The summed E-state index contributed by atoms with van der Waals surface area (Å²) in [5.74, 6) is -6.43. The van der Waals surface area contributed by atoms with Gasteiger partial charge in [0, 0.05) is 0 Å². The number of carbonyl (C=O) groups is 4. The van der Waals surface area contributed by atoms with Crippen LogP contribution in [0.1, 0.15) is 51.7 Å². The summed E-state index contributed by atoms with van der Waals surface area (Å²) >= 11 is 0. The molecule has 5 unspecified atom stereocenters. The Morgan fingerprint density at radius 2 is 1.29 bits per heavy atom. The van der Waals surface area contributed by atoms with Crippen molar-refractivity contribution in [3.63, 3.8) is 0 Å². The smallest absolute Gasteiger partial charge is 0.310 e. The first-order chi connectivity index (χ1) is 16.1. The summed E-state index contributed by atoms with van der Waals surface area (Å²) in [7, 11) is 1.11. The summed E-state index contributed by atoms with van der Waals surface area (Å²) < 4.78 is 20.2. The van der Waals surface area contributed by atoms with E-state index in [1.54, 1.807) is 24.3 Å². The van der Waals surface area contributed by atoms with Gasteiger partial charge in [0.25, 0.3) is 0 Å². The number of aliphatic hydroxyl groups is 2. The predicted molar refractivity (Wildman–Crippen MR) is 119 cm³/mol. The molecule has 0 saturated heterocycles. The van der Waals surface area contributed by atoms with E-state index < -0.39 is 66.9 Å². The number of hydrogen-bond donors (Lipinski definition) is 2. The van der Waals surface area contributed by atoms with Gasteiger partial charge in [0.1, 0.15) is 19.3 Å². The second-order valence-corrected chi connectivity index (χ2v) is 7.95. The number of ether oxygens (including phenoxy) is 4. The van der Waals surface area contributed by atoms with Crippen LogP contribution < -0.4 is 0 Å². The fourth-order valence-electron chi connectivity index (χ4n) is 3.10. The summed E-state index contributed by atoms with van der Waals surface area (Å²) in [5, 5.41) is 18.9. The van der Waals surface area contributed by atoms with Crippen LogP contribution in [-0.2, 0) is 38.1 Å². The molecule has 34 heavy (non-hydrogen) atoms. The highest BCUT2D eigenvalue weighted by Crippen LogP contribution is 2.27. The van der Waals surface area contributed by atoms with E-state index in [9.17, 15) is 29.4 Å². The molecule has 1 aromatic rings. The highest BCUT2D eigenvalue weighted by molar-refractivity contribution is 5.88. The number of rotatable bonds is 14. The van der Waals surface area contributed by atoms with Gasteiger partial charge < -0.3 is 29.2 Å². The third-order valence-electron chi connectivity index (χ3n) is 4.84. The molecule has 0 spiro atoms. The zero-order valence-corrected chi connectivity index (χ0v) is 20.0. The van der Waals surface area contributed by atoms with Crippen LogP contribution in [-0.4, -0.2) is 66.6 Å². The summed E-state index contributed by atoms with van der Waals surface area (Å²) in [6.07, 6.45) is -3.22. The van der Waals surface area contributed by atoms with Crippen molar-refractivity contribution in [3.05, 3.63) is 35.9 Å². The lowest BCUT2D eigenvalue weighted by Crippen LogP contribution is -2.37. The molecule has 10 nitrogen and oxygen atoms in total. The fraction of sp³-hybridized carbons (Fsp3) is 0.583. The first-order valence-electron chi connectivity index (χ1n) is 11.1. The van der Waals surface area contributed by atoms with Crippen molar-refractivity contribution in [3.8, 4) is 0 Å². The third-order valence-corrected chi connectivity index (χ3v) is 4.84. The summed E-state index contributed by atoms with van der Waals surface area (Å²) in [4.78, 5) is 50.3. The maximum absolute atomic E-state index is 12.8. The number of benzene rings is 1. The number of methoxy groups -OCH3 is 1. The Morgan fingerprint density at radius 3 is 1.71 bits per heavy atom. The van der Waals surface area contributed by atoms with Gasteiger partial charge in [0.05, 0.1) is 44.0 Å². The highest BCUT2D eigenvalue weighted by atomic mass is 16.6. The molecule has 2 N–H and O–H groups in total. The predicted octanol–water partition coefficient (Wildman–Crippen LogP) is 1.71. The Balaban J connectivity index is 3.15. The van der Waals surface area contributed by atoms with E-state index in [2.05, 4.69) is 4.74 Å². The van der Waals surface area contributed by atoms with Gasteiger partial charge in [-0.1, -0.05) is 37.3 Å². The number of hydrogen-bond acceptors (Lipinski definition) is 10. The normalized spacial score (nSPS) is 15.2. The second kappa shape index (κ2) is 15.0. The molecular formula is C24H34O10. The van der Waals surface area contributed by atoms with Crippen LogP contribution >= 0.6 is 0 Å². The van der Waals surface area contributed by atoms with E-state index >= 15 is 0 Å². The lowest BCUT2D eigenvalue weighted by atomic mass is 9.86. The van der Waals surface area contributed by atoms with Crippen LogP contribution in [0.2, 0.25) is 0 Å². The second-order valence-electron chi connectivity index (χ2n) is 7.95. The lowest BCUT2D eigenvalue weighted by molar-refractivity contribution is -0.170.